The van der Waals surface area contributed by atoms with Crippen LogP contribution in [0.5, 0.6) is 5.75 Å². The van der Waals surface area contributed by atoms with Crippen LogP contribution >= 0.6 is 0 Å². The third kappa shape index (κ3) is 3.81. The maximum atomic E-state index is 11.3. The Morgan fingerprint density at radius 2 is 2.10 bits per heavy atom. The topological polar surface area (TPSA) is 49.8 Å². The van der Waals surface area contributed by atoms with Gasteiger partial charge in [0.1, 0.15) is 11.5 Å². The molecule has 0 aliphatic heterocycles. The van der Waals surface area contributed by atoms with E-state index < -0.39 is 6.10 Å². The first kappa shape index (κ1) is 15.0. The Morgan fingerprint density at radius 3 is 2.75 bits per heavy atom. The number of ether oxygens (including phenoxy) is 1. The van der Waals surface area contributed by atoms with Crippen LogP contribution in [0.2, 0.25) is 0 Å². The van der Waals surface area contributed by atoms with Gasteiger partial charge in [0.15, 0.2) is 0 Å². The molecule has 1 atom stereocenters. The van der Waals surface area contributed by atoms with Crippen molar-refractivity contribution >= 4 is 5.78 Å². The first-order valence-corrected chi connectivity index (χ1v) is 7.14. The molecular weight excluding hydrogens is 254 g/mol. The highest BCUT2D eigenvalue weighted by atomic mass is 16.5. The predicted molar refractivity (Wildman–Crippen MR) is 77.8 cm³/mol. The Kier molecular flexibility index (Phi) is 5.15. The van der Waals surface area contributed by atoms with Crippen molar-refractivity contribution in [3.05, 3.63) is 29.8 Å². The van der Waals surface area contributed by atoms with Crippen LogP contribution in [0.4, 0.5) is 0 Å². The molecule has 2 rings (SSSR count). The summed E-state index contributed by atoms with van der Waals surface area (Å²) in [7, 11) is 3.64. The minimum atomic E-state index is -0.535. The minimum Gasteiger partial charge on any atom is -0.497 e. The summed E-state index contributed by atoms with van der Waals surface area (Å²) < 4.78 is 5.18. The summed E-state index contributed by atoms with van der Waals surface area (Å²) in [5.74, 6) is 1.12. The molecule has 1 unspecified atom stereocenters. The monoisotopic (exact) mass is 277 g/mol. The lowest BCUT2D eigenvalue weighted by Crippen LogP contribution is -2.37. The number of likely N-dealkylation sites (N-methyl/N-ethyl adjacent to an activating group) is 1. The van der Waals surface area contributed by atoms with Gasteiger partial charge in [0.25, 0.3) is 0 Å². The maximum Gasteiger partial charge on any atom is 0.133 e. The van der Waals surface area contributed by atoms with E-state index in [1.807, 2.05) is 31.3 Å². The molecule has 1 aliphatic rings. The molecule has 0 bridgehead atoms. The lowest BCUT2D eigenvalue weighted by molar-refractivity contribution is -0.121. The van der Waals surface area contributed by atoms with Crippen LogP contribution in [0.25, 0.3) is 0 Å². The van der Waals surface area contributed by atoms with E-state index in [9.17, 15) is 9.90 Å². The highest BCUT2D eigenvalue weighted by Gasteiger charge is 2.23. The number of hydrogen-bond donors (Lipinski definition) is 1. The van der Waals surface area contributed by atoms with Gasteiger partial charge in [-0.05, 0) is 37.6 Å². The number of aliphatic hydroxyl groups is 1. The minimum absolute atomic E-state index is 0.364. The fourth-order valence-corrected chi connectivity index (χ4v) is 2.74. The van der Waals surface area contributed by atoms with Crippen LogP contribution in [0, 0.1) is 0 Å². The van der Waals surface area contributed by atoms with E-state index in [1.165, 1.54) is 0 Å². The van der Waals surface area contributed by atoms with Crippen LogP contribution in [0.15, 0.2) is 24.3 Å². The molecule has 0 aromatic heterocycles. The molecule has 0 heterocycles. The highest BCUT2D eigenvalue weighted by molar-refractivity contribution is 5.79. The van der Waals surface area contributed by atoms with Crippen molar-refractivity contribution in [2.45, 2.75) is 37.8 Å². The van der Waals surface area contributed by atoms with Gasteiger partial charge in [0.2, 0.25) is 0 Å². The molecular formula is C16H23NO3. The largest absolute Gasteiger partial charge is 0.497 e. The summed E-state index contributed by atoms with van der Waals surface area (Å²) in [5.41, 5.74) is 0.864. The fourth-order valence-electron chi connectivity index (χ4n) is 2.74. The van der Waals surface area contributed by atoms with E-state index in [0.717, 1.165) is 24.2 Å². The molecule has 4 nitrogen and oxygen atoms in total. The van der Waals surface area contributed by atoms with Gasteiger partial charge >= 0.3 is 0 Å². The first-order valence-electron chi connectivity index (χ1n) is 7.14. The second-order valence-electron chi connectivity index (χ2n) is 5.50. The Morgan fingerprint density at radius 1 is 1.40 bits per heavy atom. The first-order chi connectivity index (χ1) is 9.60. The van der Waals surface area contributed by atoms with E-state index in [2.05, 4.69) is 4.90 Å². The number of benzene rings is 1. The average Bonchev–Trinajstić information content (AvgIpc) is 2.47. The normalized spacial score (nSPS) is 18.3. The number of carbonyl (C=O) groups is 1. The van der Waals surface area contributed by atoms with Crippen molar-refractivity contribution in [2.75, 3.05) is 20.7 Å². The maximum absolute atomic E-state index is 11.3. The van der Waals surface area contributed by atoms with Gasteiger partial charge in [0, 0.05) is 25.4 Å². The zero-order valence-electron chi connectivity index (χ0n) is 12.2. The molecule has 0 spiro atoms. The van der Waals surface area contributed by atoms with Gasteiger partial charge in [-0.1, -0.05) is 12.1 Å². The summed E-state index contributed by atoms with van der Waals surface area (Å²) in [4.78, 5) is 13.4. The molecule has 110 valence electrons. The van der Waals surface area contributed by atoms with E-state index in [0.29, 0.717) is 31.2 Å². The molecule has 0 saturated heterocycles. The molecule has 20 heavy (non-hydrogen) atoms. The van der Waals surface area contributed by atoms with Gasteiger partial charge in [-0.15, -0.1) is 0 Å². The summed E-state index contributed by atoms with van der Waals surface area (Å²) in [6.45, 7) is 0.575. The van der Waals surface area contributed by atoms with E-state index in [4.69, 9.17) is 4.74 Å². The SMILES string of the molecule is COc1cccc(C(O)CN(C)C2CCC(=O)CC2)c1. The molecule has 1 aromatic carbocycles. The number of nitrogens with zero attached hydrogens (tertiary/aromatic N) is 1. The summed E-state index contributed by atoms with van der Waals surface area (Å²) in [6, 6.07) is 7.92. The quantitative estimate of drug-likeness (QED) is 0.896. The van der Waals surface area contributed by atoms with E-state index >= 15 is 0 Å². The molecule has 4 heteroatoms. The molecule has 1 aliphatic carbocycles. The van der Waals surface area contributed by atoms with Crippen LogP contribution in [0.3, 0.4) is 0 Å². The number of rotatable bonds is 5. The Bertz CT molecular complexity index is 451. The summed E-state index contributed by atoms with van der Waals surface area (Å²) in [6.07, 6.45) is 2.61. The fraction of sp³-hybridized carbons (Fsp3) is 0.562. The number of carbonyl (C=O) groups excluding carboxylic acids is 1. The van der Waals surface area contributed by atoms with Crippen LogP contribution in [-0.4, -0.2) is 42.5 Å². The van der Waals surface area contributed by atoms with Crippen molar-refractivity contribution < 1.29 is 14.6 Å². The summed E-state index contributed by atoms with van der Waals surface area (Å²) >= 11 is 0. The summed E-state index contributed by atoms with van der Waals surface area (Å²) in [5, 5.41) is 10.3. The van der Waals surface area contributed by atoms with Gasteiger partial charge in [-0.25, -0.2) is 0 Å². The zero-order chi connectivity index (χ0) is 14.5. The third-order valence-corrected chi connectivity index (χ3v) is 4.08. The van der Waals surface area contributed by atoms with Crippen molar-refractivity contribution in [1.29, 1.82) is 0 Å². The molecule has 1 N–H and O–H groups in total. The van der Waals surface area contributed by atoms with Crippen molar-refractivity contribution in [1.82, 2.24) is 4.90 Å². The van der Waals surface area contributed by atoms with Gasteiger partial charge in [-0.2, -0.15) is 0 Å². The zero-order valence-corrected chi connectivity index (χ0v) is 12.2. The number of ketones is 1. The van der Waals surface area contributed by atoms with E-state index in [1.54, 1.807) is 7.11 Å². The number of Topliss-reactive ketones (excluding diaryl/α,β-unsaturated/α-hetero) is 1. The Balaban J connectivity index is 1.92. The lowest BCUT2D eigenvalue weighted by Gasteiger charge is -2.32. The van der Waals surface area contributed by atoms with Gasteiger partial charge in [-0.3, -0.25) is 4.79 Å². The molecule has 0 amide bonds. The average molecular weight is 277 g/mol. The second kappa shape index (κ2) is 6.86. The molecule has 1 aromatic rings. The number of hydrogen-bond acceptors (Lipinski definition) is 4. The smallest absolute Gasteiger partial charge is 0.133 e. The Hall–Kier alpha value is -1.39. The van der Waals surface area contributed by atoms with Gasteiger partial charge < -0.3 is 14.7 Å². The molecule has 1 saturated carbocycles. The van der Waals surface area contributed by atoms with Crippen LogP contribution < -0.4 is 4.74 Å². The van der Waals surface area contributed by atoms with Crippen molar-refractivity contribution in [3.8, 4) is 5.75 Å². The van der Waals surface area contributed by atoms with Crippen molar-refractivity contribution in [2.24, 2.45) is 0 Å². The lowest BCUT2D eigenvalue weighted by atomic mass is 9.93. The van der Waals surface area contributed by atoms with Gasteiger partial charge in [0.05, 0.1) is 13.2 Å². The Labute approximate surface area is 120 Å². The number of aliphatic hydroxyl groups excluding tert-OH is 1. The van der Waals surface area contributed by atoms with Crippen molar-refractivity contribution in [3.63, 3.8) is 0 Å². The molecule has 1 fully saturated rings. The third-order valence-electron chi connectivity index (χ3n) is 4.08. The van der Waals surface area contributed by atoms with Crippen LogP contribution in [0.1, 0.15) is 37.4 Å². The standard InChI is InChI=1S/C16H23NO3/c1-17(13-6-8-14(18)9-7-13)11-16(19)12-4-3-5-15(10-12)20-2/h3-5,10,13,16,19H,6-9,11H2,1-2H3. The van der Waals surface area contributed by atoms with Crippen LogP contribution in [-0.2, 0) is 4.79 Å². The predicted octanol–water partition coefficient (Wildman–Crippen LogP) is 2.17. The highest BCUT2D eigenvalue weighted by Crippen LogP contribution is 2.23. The van der Waals surface area contributed by atoms with E-state index in [-0.39, 0.29) is 0 Å². The second-order valence-corrected chi connectivity index (χ2v) is 5.50. The number of methoxy groups -OCH3 is 1. The molecule has 0 radical (unpaired) electrons.